The summed E-state index contributed by atoms with van der Waals surface area (Å²) in [7, 11) is 3.46. The average molecular weight is 403 g/mol. The lowest BCUT2D eigenvalue weighted by molar-refractivity contribution is 0.0948. The van der Waals surface area contributed by atoms with Gasteiger partial charge in [-0.1, -0.05) is 0 Å². The minimum atomic E-state index is -0.201. The number of hydrogen-bond acceptors (Lipinski definition) is 4. The van der Waals surface area contributed by atoms with E-state index in [9.17, 15) is 4.79 Å². The zero-order valence-electron chi connectivity index (χ0n) is 17.6. The van der Waals surface area contributed by atoms with E-state index < -0.39 is 0 Å². The van der Waals surface area contributed by atoms with Crippen LogP contribution in [-0.4, -0.2) is 39.3 Å². The van der Waals surface area contributed by atoms with E-state index in [-0.39, 0.29) is 5.91 Å². The molecule has 0 bridgehead atoms. The molecule has 0 saturated heterocycles. The molecule has 7 nitrogen and oxygen atoms in total. The molecule has 2 aromatic heterocycles. The molecule has 0 unspecified atom stereocenters. The lowest BCUT2D eigenvalue weighted by Gasteiger charge is -2.03. The molecule has 4 rings (SSSR count). The number of carbonyl (C=O) groups is 1. The van der Waals surface area contributed by atoms with Crippen molar-refractivity contribution in [3.63, 3.8) is 0 Å². The van der Waals surface area contributed by atoms with Crippen LogP contribution in [0.3, 0.4) is 0 Å². The third kappa shape index (κ3) is 3.91. The highest BCUT2D eigenvalue weighted by Crippen LogP contribution is 2.23. The Morgan fingerprint density at radius 2 is 1.87 bits per heavy atom. The highest BCUT2D eigenvalue weighted by Gasteiger charge is 2.14. The molecular weight excluding hydrogens is 378 g/mol. The minimum absolute atomic E-state index is 0.201. The van der Waals surface area contributed by atoms with Gasteiger partial charge in [0.1, 0.15) is 11.6 Å². The zero-order chi connectivity index (χ0) is 21.3. The second-order valence-corrected chi connectivity index (χ2v) is 7.41. The quantitative estimate of drug-likeness (QED) is 0.516. The number of fused-ring (bicyclic) bond motifs is 1. The first-order valence-corrected chi connectivity index (χ1v) is 9.87. The Hall–Kier alpha value is -3.61. The molecule has 154 valence electrons. The number of carbonyl (C=O) groups excluding carboxylic acids is 1. The number of hydrogen-bond donors (Lipinski definition) is 2. The van der Waals surface area contributed by atoms with Gasteiger partial charge in [0.2, 0.25) is 0 Å². The monoisotopic (exact) mass is 403 g/mol. The number of methoxy groups -OCH3 is 1. The Balaban J connectivity index is 1.40. The molecule has 0 radical (unpaired) electrons. The summed E-state index contributed by atoms with van der Waals surface area (Å²) >= 11 is 0. The Labute approximate surface area is 175 Å². The van der Waals surface area contributed by atoms with Gasteiger partial charge in [-0.2, -0.15) is 5.10 Å². The van der Waals surface area contributed by atoms with E-state index in [0.29, 0.717) is 18.7 Å². The van der Waals surface area contributed by atoms with Crippen molar-refractivity contribution in [1.29, 1.82) is 0 Å². The number of aromatic nitrogens is 4. The predicted octanol–water partition coefficient (Wildman–Crippen LogP) is 3.56. The second kappa shape index (κ2) is 8.02. The van der Waals surface area contributed by atoms with E-state index in [0.717, 1.165) is 33.9 Å². The van der Waals surface area contributed by atoms with Crippen LogP contribution >= 0.6 is 0 Å². The van der Waals surface area contributed by atoms with Crippen molar-refractivity contribution in [3.05, 3.63) is 65.1 Å². The van der Waals surface area contributed by atoms with Crippen LogP contribution in [0.1, 0.15) is 27.4 Å². The summed E-state index contributed by atoms with van der Waals surface area (Å²) in [6.07, 6.45) is 0.622. The van der Waals surface area contributed by atoms with Gasteiger partial charge < -0.3 is 15.0 Å². The maximum atomic E-state index is 12.6. The standard InChI is InChI=1S/C23H25N5O2/c1-14-11-18-19(12-15(14)2)26-22(25-18)9-10-24-23(29)20-13-21(28(3)27-20)16-5-7-17(30-4)8-6-16/h5-8,11-13H,9-10H2,1-4H3,(H,24,29)(H,25,26). The maximum absolute atomic E-state index is 12.6. The van der Waals surface area contributed by atoms with Crippen molar-refractivity contribution in [2.75, 3.05) is 13.7 Å². The third-order valence-electron chi connectivity index (χ3n) is 5.29. The maximum Gasteiger partial charge on any atom is 0.271 e. The molecule has 2 aromatic carbocycles. The SMILES string of the molecule is COc1ccc(-c2cc(C(=O)NCCc3nc4cc(C)c(C)cc4[nH]3)nn2C)cc1. The summed E-state index contributed by atoms with van der Waals surface area (Å²) in [4.78, 5) is 20.5. The van der Waals surface area contributed by atoms with Crippen LogP contribution in [-0.2, 0) is 13.5 Å². The Bertz CT molecular complexity index is 1170. The van der Waals surface area contributed by atoms with Gasteiger partial charge in [-0.3, -0.25) is 9.48 Å². The van der Waals surface area contributed by atoms with Gasteiger partial charge in [0, 0.05) is 25.6 Å². The van der Waals surface area contributed by atoms with Crippen molar-refractivity contribution >= 4 is 16.9 Å². The van der Waals surface area contributed by atoms with E-state index in [1.165, 1.54) is 11.1 Å². The number of benzene rings is 2. The molecule has 0 aliphatic carbocycles. The smallest absolute Gasteiger partial charge is 0.271 e. The molecule has 30 heavy (non-hydrogen) atoms. The molecule has 2 N–H and O–H groups in total. The van der Waals surface area contributed by atoms with E-state index in [1.54, 1.807) is 17.9 Å². The molecule has 7 heteroatoms. The summed E-state index contributed by atoms with van der Waals surface area (Å²) in [6.45, 7) is 4.64. The number of nitrogens with zero attached hydrogens (tertiary/aromatic N) is 3. The van der Waals surface area contributed by atoms with Crippen LogP contribution in [0.15, 0.2) is 42.5 Å². The lowest BCUT2D eigenvalue weighted by Crippen LogP contribution is -2.26. The molecular formula is C23H25N5O2. The summed E-state index contributed by atoms with van der Waals surface area (Å²) < 4.78 is 6.91. The fraction of sp³-hybridized carbons (Fsp3) is 0.261. The highest BCUT2D eigenvalue weighted by molar-refractivity contribution is 5.93. The van der Waals surface area contributed by atoms with Crippen molar-refractivity contribution < 1.29 is 9.53 Å². The molecule has 0 fully saturated rings. The molecule has 0 aliphatic rings. The van der Waals surface area contributed by atoms with E-state index >= 15 is 0 Å². The van der Waals surface area contributed by atoms with Crippen LogP contribution in [0.2, 0.25) is 0 Å². The fourth-order valence-electron chi connectivity index (χ4n) is 3.44. The number of ether oxygens (including phenoxy) is 1. The summed E-state index contributed by atoms with van der Waals surface area (Å²) in [5, 5.41) is 7.29. The van der Waals surface area contributed by atoms with Crippen molar-refractivity contribution in [2.45, 2.75) is 20.3 Å². The van der Waals surface area contributed by atoms with Crippen LogP contribution in [0, 0.1) is 13.8 Å². The normalized spacial score (nSPS) is 11.1. The van der Waals surface area contributed by atoms with Gasteiger partial charge in [-0.05, 0) is 67.4 Å². The van der Waals surface area contributed by atoms with Crippen molar-refractivity contribution in [2.24, 2.45) is 7.05 Å². The molecule has 4 aromatic rings. The zero-order valence-corrected chi connectivity index (χ0v) is 17.6. The summed E-state index contributed by atoms with van der Waals surface area (Å²) in [6, 6.07) is 13.7. The van der Waals surface area contributed by atoms with E-state index in [1.807, 2.05) is 31.3 Å². The highest BCUT2D eigenvalue weighted by atomic mass is 16.5. The fourth-order valence-corrected chi connectivity index (χ4v) is 3.44. The topological polar surface area (TPSA) is 84.8 Å². The first-order chi connectivity index (χ1) is 14.4. The number of imidazole rings is 1. The molecule has 2 heterocycles. The van der Waals surface area contributed by atoms with Crippen molar-refractivity contribution in [1.82, 2.24) is 25.1 Å². The molecule has 0 saturated carbocycles. The van der Waals surface area contributed by atoms with Crippen LogP contribution < -0.4 is 10.1 Å². The number of nitrogens with one attached hydrogen (secondary N) is 2. The third-order valence-corrected chi connectivity index (χ3v) is 5.29. The minimum Gasteiger partial charge on any atom is -0.497 e. The summed E-state index contributed by atoms with van der Waals surface area (Å²) in [5.74, 6) is 1.44. The number of aromatic amines is 1. The second-order valence-electron chi connectivity index (χ2n) is 7.41. The average Bonchev–Trinajstić information content (AvgIpc) is 3.31. The van der Waals surface area contributed by atoms with Crippen LogP contribution in [0.25, 0.3) is 22.3 Å². The van der Waals surface area contributed by atoms with E-state index in [2.05, 4.69) is 46.4 Å². The Kier molecular flexibility index (Phi) is 5.27. The molecule has 0 aliphatic heterocycles. The van der Waals surface area contributed by atoms with Gasteiger partial charge in [0.25, 0.3) is 5.91 Å². The van der Waals surface area contributed by atoms with Gasteiger partial charge in [0.05, 0.1) is 23.8 Å². The molecule has 1 amide bonds. The number of aryl methyl sites for hydroxylation is 3. The van der Waals surface area contributed by atoms with E-state index in [4.69, 9.17) is 4.74 Å². The first kappa shape index (κ1) is 19.7. The largest absolute Gasteiger partial charge is 0.497 e. The van der Waals surface area contributed by atoms with Crippen molar-refractivity contribution in [3.8, 4) is 17.0 Å². The first-order valence-electron chi connectivity index (χ1n) is 9.87. The number of rotatable bonds is 6. The van der Waals surface area contributed by atoms with Gasteiger partial charge in [-0.25, -0.2) is 4.98 Å². The lowest BCUT2D eigenvalue weighted by atomic mass is 10.1. The number of H-pyrrole nitrogens is 1. The molecule has 0 spiro atoms. The predicted molar refractivity (Wildman–Crippen MR) is 117 cm³/mol. The Morgan fingerprint density at radius 3 is 2.60 bits per heavy atom. The van der Waals surface area contributed by atoms with Crippen LogP contribution in [0.4, 0.5) is 0 Å². The van der Waals surface area contributed by atoms with Gasteiger partial charge >= 0.3 is 0 Å². The van der Waals surface area contributed by atoms with Gasteiger partial charge in [-0.15, -0.1) is 0 Å². The number of amides is 1. The Morgan fingerprint density at radius 1 is 1.13 bits per heavy atom. The summed E-state index contributed by atoms with van der Waals surface area (Å²) in [5.41, 5.74) is 6.65. The van der Waals surface area contributed by atoms with Gasteiger partial charge in [0.15, 0.2) is 5.69 Å². The van der Waals surface area contributed by atoms with Crippen LogP contribution in [0.5, 0.6) is 5.75 Å². The molecule has 0 atom stereocenters.